The molecule has 0 aromatic heterocycles. The summed E-state index contributed by atoms with van der Waals surface area (Å²) in [6.07, 6.45) is 76.6. The van der Waals surface area contributed by atoms with Crippen LogP contribution in [-0.2, 0) is 28.6 Å². The zero-order valence-corrected chi connectivity index (χ0v) is 51.1. The molecule has 0 saturated heterocycles. The van der Waals surface area contributed by atoms with E-state index >= 15 is 0 Å². The van der Waals surface area contributed by atoms with Gasteiger partial charge in [0.05, 0.1) is 0 Å². The molecule has 1 unspecified atom stereocenters. The summed E-state index contributed by atoms with van der Waals surface area (Å²) in [6, 6.07) is 0. The van der Waals surface area contributed by atoms with Gasteiger partial charge < -0.3 is 14.2 Å². The fraction of sp³-hybridized carbons (Fsp3) is 0.928. The topological polar surface area (TPSA) is 78.9 Å². The number of rotatable bonds is 64. The summed E-state index contributed by atoms with van der Waals surface area (Å²) in [5.41, 5.74) is 0. The third-order valence-corrected chi connectivity index (χ3v) is 15.8. The average molecular weight is 1060 g/mol. The van der Waals surface area contributed by atoms with E-state index in [1.54, 1.807) is 0 Å². The van der Waals surface area contributed by atoms with Crippen molar-refractivity contribution in [1.82, 2.24) is 0 Å². The van der Waals surface area contributed by atoms with Gasteiger partial charge in [0.25, 0.3) is 0 Å². The van der Waals surface area contributed by atoms with E-state index in [-0.39, 0.29) is 31.1 Å². The second kappa shape index (κ2) is 64.7. The van der Waals surface area contributed by atoms with Crippen molar-refractivity contribution in [3.8, 4) is 0 Å². The molecule has 0 aromatic rings. The Morgan fingerprint density at radius 1 is 0.253 bits per heavy atom. The number of hydrogen-bond donors (Lipinski definition) is 0. The fourth-order valence-corrected chi connectivity index (χ4v) is 10.6. The van der Waals surface area contributed by atoms with Gasteiger partial charge in [0.2, 0.25) is 0 Å². The second-order valence-corrected chi connectivity index (χ2v) is 23.5. The van der Waals surface area contributed by atoms with Crippen LogP contribution < -0.4 is 0 Å². The van der Waals surface area contributed by atoms with Gasteiger partial charge in [0.15, 0.2) is 6.10 Å². The smallest absolute Gasteiger partial charge is 0.306 e. The van der Waals surface area contributed by atoms with Gasteiger partial charge in [-0.15, -0.1) is 0 Å². The summed E-state index contributed by atoms with van der Waals surface area (Å²) in [4.78, 5) is 38.4. The monoisotopic (exact) mass is 1060 g/mol. The second-order valence-electron chi connectivity index (χ2n) is 23.5. The first-order valence-electron chi connectivity index (χ1n) is 34.2. The zero-order chi connectivity index (χ0) is 54.3. The molecule has 0 radical (unpaired) electrons. The zero-order valence-electron chi connectivity index (χ0n) is 51.1. The number of carbonyl (C=O) groups excluding carboxylic acids is 3. The lowest BCUT2D eigenvalue weighted by molar-refractivity contribution is -0.167. The van der Waals surface area contributed by atoms with Crippen molar-refractivity contribution < 1.29 is 28.6 Å². The van der Waals surface area contributed by atoms with Crippen LogP contribution in [0.1, 0.15) is 393 Å². The Morgan fingerprint density at radius 3 is 0.667 bits per heavy atom. The summed E-state index contributed by atoms with van der Waals surface area (Å²) >= 11 is 0. The highest BCUT2D eigenvalue weighted by atomic mass is 16.6. The Labute approximate surface area is 469 Å². The Hall–Kier alpha value is -1.85. The van der Waals surface area contributed by atoms with E-state index in [1.165, 1.54) is 295 Å². The van der Waals surface area contributed by atoms with Crippen LogP contribution in [0.3, 0.4) is 0 Å². The number of unbranched alkanes of at least 4 members (excludes halogenated alkanes) is 51. The van der Waals surface area contributed by atoms with Crippen LogP contribution in [-0.4, -0.2) is 37.2 Å². The van der Waals surface area contributed by atoms with Crippen LogP contribution in [0, 0.1) is 0 Å². The maximum Gasteiger partial charge on any atom is 0.306 e. The molecule has 0 aromatic carbocycles. The highest BCUT2D eigenvalue weighted by Crippen LogP contribution is 2.19. The van der Waals surface area contributed by atoms with Gasteiger partial charge >= 0.3 is 17.9 Å². The standard InChI is InChI=1S/C69H132O6/c1-4-7-10-13-16-19-22-25-28-31-32-33-34-35-36-39-41-44-47-50-53-56-59-62-68(71)74-65-66(75-69(72)63-60-57-54-51-48-45-42-38-30-27-24-21-18-15-12-9-6-3)64-73-67(70)61-58-55-52-49-46-43-40-37-29-26-23-20-17-14-11-8-5-2/h27,30,66H,4-26,28-29,31-65H2,1-3H3/b30-27-. The molecular formula is C69H132O6. The summed E-state index contributed by atoms with van der Waals surface area (Å²) < 4.78 is 17.0. The molecule has 0 aliphatic rings. The van der Waals surface area contributed by atoms with Gasteiger partial charge in [-0.3, -0.25) is 14.4 Å². The van der Waals surface area contributed by atoms with Crippen molar-refractivity contribution in [2.24, 2.45) is 0 Å². The Kier molecular flexibility index (Phi) is 63.1. The minimum absolute atomic E-state index is 0.0649. The van der Waals surface area contributed by atoms with Crippen molar-refractivity contribution in [3.05, 3.63) is 12.2 Å². The van der Waals surface area contributed by atoms with Gasteiger partial charge in [-0.05, 0) is 44.9 Å². The minimum Gasteiger partial charge on any atom is -0.462 e. The molecule has 0 aliphatic carbocycles. The summed E-state index contributed by atoms with van der Waals surface area (Å²) in [6.45, 7) is 6.72. The van der Waals surface area contributed by atoms with Crippen LogP contribution in [0.4, 0.5) is 0 Å². The normalized spacial score (nSPS) is 12.0. The van der Waals surface area contributed by atoms with Gasteiger partial charge in [0.1, 0.15) is 13.2 Å². The Bertz CT molecular complexity index is 1170. The van der Waals surface area contributed by atoms with E-state index in [9.17, 15) is 14.4 Å². The van der Waals surface area contributed by atoms with E-state index in [4.69, 9.17) is 14.2 Å². The van der Waals surface area contributed by atoms with E-state index in [0.717, 1.165) is 57.8 Å². The van der Waals surface area contributed by atoms with Crippen LogP contribution in [0.25, 0.3) is 0 Å². The maximum atomic E-state index is 12.9. The molecule has 6 heteroatoms. The minimum atomic E-state index is -0.768. The van der Waals surface area contributed by atoms with Crippen LogP contribution in [0.15, 0.2) is 12.2 Å². The summed E-state index contributed by atoms with van der Waals surface area (Å²) in [5.74, 6) is -0.834. The molecule has 0 rings (SSSR count). The number of ether oxygens (including phenoxy) is 3. The van der Waals surface area contributed by atoms with Gasteiger partial charge in [-0.1, -0.05) is 341 Å². The van der Waals surface area contributed by atoms with Crippen LogP contribution in [0.2, 0.25) is 0 Å². The molecule has 0 bridgehead atoms. The molecule has 0 spiro atoms. The van der Waals surface area contributed by atoms with Crippen molar-refractivity contribution in [1.29, 1.82) is 0 Å². The van der Waals surface area contributed by atoms with Crippen molar-refractivity contribution in [2.45, 2.75) is 399 Å². The third-order valence-electron chi connectivity index (χ3n) is 15.8. The summed E-state index contributed by atoms with van der Waals surface area (Å²) in [5, 5.41) is 0. The molecule has 6 nitrogen and oxygen atoms in total. The molecule has 0 amide bonds. The van der Waals surface area contributed by atoms with E-state index in [1.807, 2.05) is 0 Å². The van der Waals surface area contributed by atoms with E-state index in [0.29, 0.717) is 19.3 Å². The van der Waals surface area contributed by atoms with Crippen LogP contribution >= 0.6 is 0 Å². The highest BCUT2D eigenvalue weighted by Gasteiger charge is 2.19. The lowest BCUT2D eigenvalue weighted by Crippen LogP contribution is -2.30. The molecular weight excluding hydrogens is 925 g/mol. The number of hydrogen-bond acceptors (Lipinski definition) is 6. The molecule has 0 fully saturated rings. The van der Waals surface area contributed by atoms with Gasteiger partial charge in [-0.25, -0.2) is 0 Å². The van der Waals surface area contributed by atoms with Crippen molar-refractivity contribution in [3.63, 3.8) is 0 Å². The third kappa shape index (κ3) is 62.9. The predicted octanol–water partition coefficient (Wildman–Crippen LogP) is 23.2. The first-order chi connectivity index (χ1) is 37.0. The number of esters is 3. The Balaban J connectivity index is 4.26. The van der Waals surface area contributed by atoms with Gasteiger partial charge in [0, 0.05) is 19.3 Å². The largest absolute Gasteiger partial charge is 0.462 e. The SMILES string of the molecule is CCCCCCCC/C=C\CCCCCCCCCC(=O)OC(COC(=O)CCCCCCCCCCCCCCCCCCC)COC(=O)CCCCCCCCCCCCCCCCCCCCCCCCC. The van der Waals surface area contributed by atoms with Crippen molar-refractivity contribution in [2.75, 3.05) is 13.2 Å². The first-order valence-corrected chi connectivity index (χ1v) is 34.2. The van der Waals surface area contributed by atoms with Gasteiger partial charge in [-0.2, -0.15) is 0 Å². The summed E-state index contributed by atoms with van der Waals surface area (Å²) in [7, 11) is 0. The fourth-order valence-electron chi connectivity index (χ4n) is 10.6. The lowest BCUT2D eigenvalue weighted by Gasteiger charge is -2.18. The predicted molar refractivity (Wildman–Crippen MR) is 326 cm³/mol. The quantitative estimate of drug-likeness (QED) is 0.0261. The van der Waals surface area contributed by atoms with Crippen LogP contribution in [0.5, 0.6) is 0 Å². The first kappa shape index (κ1) is 73.2. The number of allylic oxidation sites excluding steroid dienone is 2. The van der Waals surface area contributed by atoms with E-state index in [2.05, 4.69) is 32.9 Å². The molecule has 0 saturated carbocycles. The molecule has 1 atom stereocenters. The lowest BCUT2D eigenvalue weighted by atomic mass is 10.0. The van der Waals surface area contributed by atoms with E-state index < -0.39 is 6.10 Å². The molecule has 0 N–H and O–H groups in total. The number of carbonyl (C=O) groups is 3. The Morgan fingerprint density at radius 2 is 0.440 bits per heavy atom. The average Bonchev–Trinajstić information content (AvgIpc) is 3.41. The van der Waals surface area contributed by atoms with Crippen molar-refractivity contribution >= 4 is 17.9 Å². The molecule has 75 heavy (non-hydrogen) atoms. The maximum absolute atomic E-state index is 12.9. The molecule has 444 valence electrons. The molecule has 0 heterocycles. The highest BCUT2D eigenvalue weighted by molar-refractivity contribution is 5.71. The molecule has 0 aliphatic heterocycles.